The van der Waals surface area contributed by atoms with Gasteiger partial charge in [0.05, 0.1) is 18.6 Å². The Labute approximate surface area is 165 Å². The molecule has 0 radical (unpaired) electrons. The summed E-state index contributed by atoms with van der Waals surface area (Å²) in [5.41, 5.74) is 5.49. The van der Waals surface area contributed by atoms with Crippen molar-refractivity contribution >= 4 is 17.8 Å². The minimum absolute atomic E-state index is 0.0470. The fraction of sp³-hybridized carbons (Fsp3) is 0.850. The Bertz CT molecular complexity index is 640. The van der Waals surface area contributed by atoms with Gasteiger partial charge in [-0.3, -0.25) is 9.59 Å². The first-order chi connectivity index (χ1) is 13.0. The van der Waals surface area contributed by atoms with Gasteiger partial charge in [-0.1, -0.05) is 20.8 Å². The van der Waals surface area contributed by atoms with Gasteiger partial charge in [0.15, 0.2) is 6.04 Å². The van der Waals surface area contributed by atoms with E-state index in [-0.39, 0.29) is 16.9 Å². The number of carbonyl (C=O) groups excluding carboxylic acids is 2. The van der Waals surface area contributed by atoms with Crippen molar-refractivity contribution in [2.75, 3.05) is 6.61 Å². The molecule has 0 spiro atoms. The van der Waals surface area contributed by atoms with Gasteiger partial charge in [0.2, 0.25) is 5.91 Å². The topological polar surface area (TPSA) is 128 Å². The molecule has 3 rings (SSSR count). The molecule has 8 heteroatoms. The third-order valence-electron chi connectivity index (χ3n) is 6.99. The van der Waals surface area contributed by atoms with Crippen molar-refractivity contribution in [2.24, 2.45) is 22.5 Å². The number of amides is 1. The second-order valence-electron chi connectivity index (χ2n) is 9.47. The highest BCUT2D eigenvalue weighted by molar-refractivity contribution is 5.90. The number of carboxylic acid groups (broad SMARTS) is 1. The molecule has 2 aliphatic carbocycles. The first-order valence-electron chi connectivity index (χ1n) is 10.1. The lowest BCUT2D eigenvalue weighted by atomic mass is 9.70. The normalized spacial score (nSPS) is 35.4. The molecule has 1 saturated heterocycles. The maximum atomic E-state index is 13.1. The van der Waals surface area contributed by atoms with Gasteiger partial charge >= 0.3 is 11.9 Å². The molecule has 2 bridgehead atoms. The first-order valence-corrected chi connectivity index (χ1v) is 10.1. The predicted octanol–water partition coefficient (Wildman–Crippen LogP) is 1.21. The number of fused-ring (bicyclic) bond motifs is 2. The molecule has 0 aromatic carbocycles. The van der Waals surface area contributed by atoms with Crippen LogP contribution in [0.25, 0.3) is 0 Å². The fourth-order valence-corrected chi connectivity index (χ4v) is 5.45. The monoisotopic (exact) mass is 396 g/mol. The number of rotatable bonds is 7. The molecule has 158 valence electrons. The summed E-state index contributed by atoms with van der Waals surface area (Å²) in [4.78, 5) is 36.3. The van der Waals surface area contributed by atoms with Gasteiger partial charge in [-0.15, -0.1) is 0 Å². The molecule has 3 aliphatic rings. The quantitative estimate of drug-likeness (QED) is 0.552. The molecule has 1 aliphatic heterocycles. The summed E-state index contributed by atoms with van der Waals surface area (Å²) in [6.07, 6.45) is 3.42. The third-order valence-corrected chi connectivity index (χ3v) is 6.99. The Morgan fingerprint density at radius 2 is 2.00 bits per heavy atom. The number of aliphatic carboxylic acids is 1. The summed E-state index contributed by atoms with van der Waals surface area (Å²) in [6.45, 7) is 6.97. The summed E-state index contributed by atoms with van der Waals surface area (Å²) in [5, 5.41) is 11.4. The Balaban J connectivity index is 1.72. The molecule has 28 heavy (non-hydrogen) atoms. The van der Waals surface area contributed by atoms with Crippen molar-refractivity contribution in [3.63, 3.8) is 0 Å². The Morgan fingerprint density at radius 1 is 1.29 bits per heavy atom. The Hall–Kier alpha value is -1.67. The highest BCUT2D eigenvalue weighted by atomic mass is 16.6. The van der Waals surface area contributed by atoms with Gasteiger partial charge in [-0.05, 0) is 38.0 Å². The number of carbonyl (C=O) groups is 3. The van der Waals surface area contributed by atoms with Crippen LogP contribution in [0.3, 0.4) is 0 Å². The number of hydrogen-bond acceptors (Lipinski definition) is 6. The van der Waals surface area contributed by atoms with E-state index in [4.69, 9.17) is 20.3 Å². The van der Waals surface area contributed by atoms with Crippen LogP contribution in [0.2, 0.25) is 0 Å². The third kappa shape index (κ3) is 3.89. The number of nitrogens with one attached hydrogen (secondary N) is 1. The number of nitrogens with two attached hydrogens (primary N) is 1. The van der Waals surface area contributed by atoms with Gasteiger partial charge < -0.3 is 25.6 Å². The molecule has 6 atom stereocenters. The second-order valence-corrected chi connectivity index (χ2v) is 9.47. The largest absolute Gasteiger partial charge is 0.481 e. The molecule has 1 amide bonds. The highest BCUT2D eigenvalue weighted by Gasteiger charge is 2.61. The molecule has 1 heterocycles. The van der Waals surface area contributed by atoms with Gasteiger partial charge in [0, 0.05) is 17.4 Å². The molecule has 4 N–H and O–H groups in total. The van der Waals surface area contributed by atoms with E-state index < -0.39 is 42.5 Å². The van der Waals surface area contributed by atoms with Gasteiger partial charge in [-0.2, -0.15) is 0 Å². The summed E-state index contributed by atoms with van der Waals surface area (Å²) in [7, 11) is 0. The van der Waals surface area contributed by atoms with Crippen molar-refractivity contribution < 1.29 is 29.0 Å². The molecule has 3 fully saturated rings. The van der Waals surface area contributed by atoms with Gasteiger partial charge in [-0.25, -0.2) is 4.79 Å². The minimum atomic E-state index is -1.23. The van der Waals surface area contributed by atoms with Crippen LogP contribution in [-0.4, -0.2) is 53.9 Å². The molecule has 0 aromatic heterocycles. The van der Waals surface area contributed by atoms with E-state index in [0.29, 0.717) is 18.9 Å². The van der Waals surface area contributed by atoms with Crippen molar-refractivity contribution in [1.29, 1.82) is 0 Å². The van der Waals surface area contributed by atoms with Crippen LogP contribution in [0.15, 0.2) is 0 Å². The SMILES string of the molecule is CC12CCC(C1)C(C)(C)C2OC(=O)C(NC(=O)[C@@H](N)CC(=O)O)C1CCCO1. The summed E-state index contributed by atoms with van der Waals surface area (Å²) in [6, 6.07) is -2.21. The average Bonchev–Trinajstić information content (AvgIpc) is 3.29. The maximum Gasteiger partial charge on any atom is 0.331 e. The van der Waals surface area contributed by atoms with Crippen molar-refractivity contribution in [2.45, 2.75) is 83.6 Å². The highest BCUT2D eigenvalue weighted by Crippen LogP contribution is 2.63. The smallest absolute Gasteiger partial charge is 0.331 e. The molecule has 5 unspecified atom stereocenters. The molecule has 8 nitrogen and oxygen atoms in total. The van der Waals surface area contributed by atoms with Crippen LogP contribution in [0.1, 0.15) is 59.3 Å². The number of esters is 1. The van der Waals surface area contributed by atoms with E-state index in [0.717, 1.165) is 25.7 Å². The zero-order valence-corrected chi connectivity index (χ0v) is 16.9. The first kappa shape index (κ1) is 21.0. The molecule has 2 saturated carbocycles. The van der Waals surface area contributed by atoms with E-state index in [1.807, 2.05) is 0 Å². The van der Waals surface area contributed by atoms with Gasteiger partial charge in [0.1, 0.15) is 6.10 Å². The fourth-order valence-electron chi connectivity index (χ4n) is 5.45. The van der Waals surface area contributed by atoms with Crippen LogP contribution in [0.5, 0.6) is 0 Å². The van der Waals surface area contributed by atoms with Crippen LogP contribution in [0.4, 0.5) is 0 Å². The molecule has 0 aromatic rings. The molecular weight excluding hydrogens is 364 g/mol. The standard InChI is InChI=1S/C20H32N2O6/c1-19(2)11-6-7-20(3,10-11)18(19)28-17(26)15(13-5-4-8-27-13)22-16(25)12(21)9-14(23)24/h11-13,15,18H,4-10,21H2,1-3H3,(H,22,25)(H,23,24)/t11?,12-,13?,15?,18?,20?/m0/s1. The average molecular weight is 396 g/mol. The van der Waals surface area contributed by atoms with E-state index in [1.165, 1.54) is 0 Å². The van der Waals surface area contributed by atoms with E-state index in [9.17, 15) is 14.4 Å². The van der Waals surface area contributed by atoms with Crippen molar-refractivity contribution in [3.05, 3.63) is 0 Å². The van der Waals surface area contributed by atoms with Crippen LogP contribution in [0, 0.1) is 16.7 Å². The second kappa shape index (κ2) is 7.63. The van der Waals surface area contributed by atoms with Crippen molar-refractivity contribution in [3.8, 4) is 0 Å². The Kier molecular flexibility index (Phi) is 5.74. The summed E-state index contributed by atoms with van der Waals surface area (Å²) < 4.78 is 11.6. The number of carboxylic acids is 1. The Morgan fingerprint density at radius 3 is 2.54 bits per heavy atom. The van der Waals surface area contributed by atoms with E-state index >= 15 is 0 Å². The number of ether oxygens (including phenoxy) is 2. The summed E-state index contributed by atoms with van der Waals surface area (Å²) >= 11 is 0. The predicted molar refractivity (Wildman–Crippen MR) is 100 cm³/mol. The minimum Gasteiger partial charge on any atom is -0.481 e. The molecular formula is C20H32N2O6. The van der Waals surface area contributed by atoms with Crippen LogP contribution >= 0.6 is 0 Å². The maximum absolute atomic E-state index is 13.1. The van der Waals surface area contributed by atoms with Crippen LogP contribution in [-0.2, 0) is 23.9 Å². The lowest BCUT2D eigenvalue weighted by Gasteiger charge is -2.42. The van der Waals surface area contributed by atoms with E-state index in [2.05, 4.69) is 26.1 Å². The van der Waals surface area contributed by atoms with Gasteiger partial charge in [0.25, 0.3) is 0 Å². The van der Waals surface area contributed by atoms with E-state index in [1.54, 1.807) is 0 Å². The number of hydrogen-bond donors (Lipinski definition) is 3. The van der Waals surface area contributed by atoms with Crippen LogP contribution < -0.4 is 11.1 Å². The zero-order chi connectivity index (χ0) is 20.7. The lowest BCUT2D eigenvalue weighted by molar-refractivity contribution is -0.171. The summed E-state index contributed by atoms with van der Waals surface area (Å²) in [5.74, 6) is -1.85. The van der Waals surface area contributed by atoms with Crippen molar-refractivity contribution in [1.82, 2.24) is 5.32 Å². The zero-order valence-electron chi connectivity index (χ0n) is 16.9. The lowest BCUT2D eigenvalue weighted by Crippen LogP contribution is -2.56.